The number of benzene rings is 1. The van der Waals surface area contributed by atoms with Gasteiger partial charge in [0.1, 0.15) is 10.3 Å². The number of rotatable bonds is 3. The molecule has 2 aliphatic heterocycles. The minimum absolute atomic E-state index is 0.0981. The molecule has 4 nitrogen and oxygen atoms in total. The lowest BCUT2D eigenvalue weighted by Crippen LogP contribution is -2.46. The van der Waals surface area contributed by atoms with Gasteiger partial charge in [-0.15, -0.1) is 0 Å². The van der Waals surface area contributed by atoms with Crippen LogP contribution in [0.15, 0.2) is 30.3 Å². The molecule has 4 rings (SSSR count). The fourth-order valence-corrected chi connectivity index (χ4v) is 4.91. The lowest BCUT2D eigenvalue weighted by Gasteiger charge is -2.36. The normalized spacial score (nSPS) is 18.5. The number of aromatic nitrogens is 1. The van der Waals surface area contributed by atoms with Crippen LogP contribution in [0.25, 0.3) is 11.1 Å². The van der Waals surface area contributed by atoms with Crippen LogP contribution in [-0.4, -0.2) is 52.9 Å². The molecule has 2 aliphatic rings. The first kappa shape index (κ1) is 22.0. The van der Waals surface area contributed by atoms with E-state index in [4.69, 9.17) is 12.2 Å². The number of halogens is 3. The Kier molecular flexibility index (Phi) is 6.21. The van der Waals surface area contributed by atoms with E-state index in [1.54, 1.807) is 19.1 Å². The number of nitrogens with one attached hydrogen (secondary N) is 1. The number of likely N-dealkylation sites (tertiary alicyclic amines) is 2. The maximum absolute atomic E-state index is 13.1. The van der Waals surface area contributed by atoms with Crippen molar-refractivity contribution in [1.82, 2.24) is 14.8 Å². The molecule has 8 heteroatoms. The number of alkyl halides is 3. The molecular formula is C23H26F3N3OS. The largest absolute Gasteiger partial charge is 0.416 e. The van der Waals surface area contributed by atoms with E-state index in [0.29, 0.717) is 41.5 Å². The third-order valence-electron chi connectivity index (χ3n) is 6.36. The number of nitrogens with zero attached hydrogens (tertiary/aromatic N) is 2. The number of hydrogen-bond acceptors (Lipinski definition) is 3. The van der Waals surface area contributed by atoms with Gasteiger partial charge in [-0.2, -0.15) is 13.2 Å². The predicted octanol–water partition coefficient (Wildman–Crippen LogP) is 5.44. The molecule has 2 saturated heterocycles. The first-order valence-corrected chi connectivity index (χ1v) is 11.1. The summed E-state index contributed by atoms with van der Waals surface area (Å²) in [6.07, 6.45) is 0.0232. The topological polar surface area (TPSA) is 39.3 Å². The molecule has 1 amide bonds. The van der Waals surface area contributed by atoms with Gasteiger partial charge in [-0.25, -0.2) is 0 Å². The highest BCUT2D eigenvalue weighted by Gasteiger charge is 2.31. The highest BCUT2D eigenvalue weighted by molar-refractivity contribution is 7.71. The van der Waals surface area contributed by atoms with E-state index >= 15 is 0 Å². The van der Waals surface area contributed by atoms with Crippen molar-refractivity contribution in [1.29, 1.82) is 0 Å². The zero-order chi connectivity index (χ0) is 22.2. The number of piperidine rings is 1. The van der Waals surface area contributed by atoms with E-state index in [1.807, 2.05) is 4.90 Å². The third-order valence-corrected chi connectivity index (χ3v) is 6.68. The fourth-order valence-electron chi connectivity index (χ4n) is 4.63. The van der Waals surface area contributed by atoms with Crippen molar-refractivity contribution in [2.24, 2.45) is 0 Å². The van der Waals surface area contributed by atoms with Gasteiger partial charge < -0.3 is 14.8 Å². The second-order valence-corrected chi connectivity index (χ2v) is 8.82. The summed E-state index contributed by atoms with van der Waals surface area (Å²) in [6.45, 7) is 5.50. The molecule has 0 bridgehead atoms. The van der Waals surface area contributed by atoms with Gasteiger partial charge in [0.2, 0.25) is 0 Å². The summed E-state index contributed by atoms with van der Waals surface area (Å²) in [4.78, 5) is 20.5. The van der Waals surface area contributed by atoms with Crippen LogP contribution in [0.2, 0.25) is 0 Å². The molecule has 0 aliphatic carbocycles. The number of aryl methyl sites for hydroxylation is 1. The predicted molar refractivity (Wildman–Crippen MR) is 117 cm³/mol. The van der Waals surface area contributed by atoms with E-state index in [-0.39, 0.29) is 10.5 Å². The minimum atomic E-state index is -4.42. The molecule has 0 unspecified atom stereocenters. The lowest BCUT2D eigenvalue weighted by molar-refractivity contribution is -0.137. The molecule has 1 aromatic heterocycles. The van der Waals surface area contributed by atoms with Gasteiger partial charge in [-0.05, 0) is 75.0 Å². The Hall–Kier alpha value is -2.19. The van der Waals surface area contributed by atoms with Gasteiger partial charge in [-0.1, -0.05) is 24.4 Å². The van der Waals surface area contributed by atoms with Crippen LogP contribution in [0.4, 0.5) is 13.2 Å². The standard InChI is InChI=1S/C23H26F3N3OS/c1-15-13-19(16-5-4-6-17(14-16)23(24,25)26)21(31)27-20(15)22(30)29-11-7-18(8-12-29)28-9-2-3-10-28/h4-6,13-14,18H,2-3,7-12H2,1H3,(H,27,31). The highest BCUT2D eigenvalue weighted by Crippen LogP contribution is 2.33. The molecule has 166 valence electrons. The number of carbonyl (C=O) groups is 1. The number of hydrogen-bond donors (Lipinski definition) is 1. The SMILES string of the molecule is Cc1cc(-c2cccc(C(F)(F)F)c2)c(=S)[nH]c1C(=O)N1CCC(N2CCCC2)CC1. The average Bonchev–Trinajstić information content (AvgIpc) is 3.29. The fraction of sp³-hybridized carbons (Fsp3) is 0.478. The summed E-state index contributed by atoms with van der Waals surface area (Å²) in [5, 5.41) is 0. The van der Waals surface area contributed by atoms with E-state index in [2.05, 4.69) is 9.88 Å². The van der Waals surface area contributed by atoms with Crippen molar-refractivity contribution in [3.05, 3.63) is 51.8 Å². The van der Waals surface area contributed by atoms with Gasteiger partial charge in [0, 0.05) is 24.7 Å². The van der Waals surface area contributed by atoms with Gasteiger partial charge in [0.25, 0.3) is 5.91 Å². The molecule has 1 aromatic carbocycles. The molecule has 3 heterocycles. The van der Waals surface area contributed by atoms with Crippen molar-refractivity contribution in [2.45, 2.75) is 44.8 Å². The number of carbonyl (C=O) groups excluding carboxylic acids is 1. The van der Waals surface area contributed by atoms with Crippen molar-refractivity contribution < 1.29 is 18.0 Å². The molecule has 2 fully saturated rings. The van der Waals surface area contributed by atoms with E-state index < -0.39 is 11.7 Å². The van der Waals surface area contributed by atoms with Crippen LogP contribution >= 0.6 is 12.2 Å². The van der Waals surface area contributed by atoms with Gasteiger partial charge in [-0.3, -0.25) is 4.79 Å². The number of H-pyrrole nitrogens is 1. The lowest BCUT2D eigenvalue weighted by atomic mass is 10.0. The Bertz CT molecular complexity index is 1020. The van der Waals surface area contributed by atoms with E-state index in [1.165, 1.54) is 18.9 Å². The van der Waals surface area contributed by atoms with Crippen LogP contribution < -0.4 is 0 Å². The molecule has 31 heavy (non-hydrogen) atoms. The van der Waals surface area contributed by atoms with Crippen LogP contribution in [0.3, 0.4) is 0 Å². The van der Waals surface area contributed by atoms with Gasteiger partial charge in [0.15, 0.2) is 0 Å². The van der Waals surface area contributed by atoms with Crippen LogP contribution in [0.1, 0.15) is 47.3 Å². The summed E-state index contributed by atoms with van der Waals surface area (Å²) >= 11 is 5.42. The summed E-state index contributed by atoms with van der Waals surface area (Å²) in [7, 11) is 0. The number of aromatic amines is 1. The Morgan fingerprint density at radius 3 is 2.42 bits per heavy atom. The second-order valence-electron chi connectivity index (χ2n) is 8.42. The summed E-state index contributed by atoms with van der Waals surface area (Å²) in [5.41, 5.74) is 1.23. The Labute approximate surface area is 185 Å². The van der Waals surface area contributed by atoms with Crippen molar-refractivity contribution in [3.8, 4) is 11.1 Å². The molecule has 0 saturated carbocycles. The van der Waals surface area contributed by atoms with Crippen LogP contribution in [0, 0.1) is 11.6 Å². The summed E-state index contributed by atoms with van der Waals surface area (Å²) in [5.74, 6) is -0.0981. The quantitative estimate of drug-likeness (QED) is 0.635. The zero-order valence-electron chi connectivity index (χ0n) is 17.5. The second kappa shape index (κ2) is 8.74. The highest BCUT2D eigenvalue weighted by atomic mass is 32.1. The van der Waals surface area contributed by atoms with Gasteiger partial charge >= 0.3 is 6.18 Å². The summed E-state index contributed by atoms with van der Waals surface area (Å²) in [6, 6.07) is 7.34. The molecule has 0 radical (unpaired) electrons. The summed E-state index contributed by atoms with van der Waals surface area (Å²) < 4.78 is 39.5. The molecule has 1 N–H and O–H groups in total. The number of pyridine rings is 1. The van der Waals surface area contributed by atoms with Crippen molar-refractivity contribution in [2.75, 3.05) is 26.2 Å². The number of amides is 1. The van der Waals surface area contributed by atoms with Crippen LogP contribution in [0.5, 0.6) is 0 Å². The third kappa shape index (κ3) is 4.70. The Morgan fingerprint density at radius 2 is 1.77 bits per heavy atom. The van der Waals surface area contributed by atoms with Crippen molar-refractivity contribution >= 4 is 18.1 Å². The molecule has 0 atom stereocenters. The molecule has 0 spiro atoms. The average molecular weight is 450 g/mol. The minimum Gasteiger partial charge on any atom is -0.341 e. The first-order valence-electron chi connectivity index (χ1n) is 10.7. The molecule has 2 aromatic rings. The zero-order valence-corrected chi connectivity index (χ0v) is 18.3. The monoisotopic (exact) mass is 449 g/mol. The Morgan fingerprint density at radius 1 is 1.10 bits per heavy atom. The van der Waals surface area contributed by atoms with E-state index in [9.17, 15) is 18.0 Å². The Balaban J connectivity index is 1.52. The smallest absolute Gasteiger partial charge is 0.341 e. The van der Waals surface area contributed by atoms with E-state index in [0.717, 1.165) is 38.1 Å². The first-order chi connectivity index (χ1) is 14.7. The maximum atomic E-state index is 13.1. The molecular weight excluding hydrogens is 423 g/mol. The van der Waals surface area contributed by atoms with Crippen LogP contribution in [-0.2, 0) is 6.18 Å². The maximum Gasteiger partial charge on any atom is 0.416 e. The van der Waals surface area contributed by atoms with Crippen molar-refractivity contribution in [3.63, 3.8) is 0 Å². The van der Waals surface area contributed by atoms with Gasteiger partial charge in [0.05, 0.1) is 5.56 Å².